The molecule has 2 fully saturated rings. The molecule has 2 rings (SSSR count). The van der Waals surface area contributed by atoms with Crippen LogP contribution in [-0.2, 0) is 19.1 Å². The first-order valence-corrected chi connectivity index (χ1v) is 5.46. The van der Waals surface area contributed by atoms with E-state index in [1.165, 1.54) is 6.08 Å². The van der Waals surface area contributed by atoms with E-state index in [9.17, 15) is 14.4 Å². The van der Waals surface area contributed by atoms with E-state index in [1.54, 1.807) is 0 Å². The van der Waals surface area contributed by atoms with Crippen molar-refractivity contribution >= 4 is 17.8 Å². The molecule has 0 aromatic rings. The van der Waals surface area contributed by atoms with Crippen LogP contribution in [0.25, 0.3) is 0 Å². The molecule has 2 aliphatic heterocycles. The Balaban J connectivity index is 2.41. The number of carbonyl (C=O) groups excluding carboxylic acids is 1. The number of carboxylic acids is 2. The number of rotatable bonds is 4. The summed E-state index contributed by atoms with van der Waals surface area (Å²) in [5.41, 5.74) is -1.52. The minimum Gasteiger partial charge on any atom is -0.481 e. The number of carbonyl (C=O) groups is 3. The second-order valence-corrected chi connectivity index (χ2v) is 4.49. The van der Waals surface area contributed by atoms with Crippen LogP contribution in [0.1, 0.15) is 12.8 Å². The van der Waals surface area contributed by atoms with Gasteiger partial charge in [-0.05, 0) is 6.42 Å². The van der Waals surface area contributed by atoms with Crippen LogP contribution in [0.15, 0.2) is 12.7 Å². The van der Waals surface area contributed by atoms with Crippen LogP contribution in [0, 0.1) is 5.92 Å². The zero-order chi connectivity index (χ0) is 13.5. The molecule has 2 aliphatic rings. The first-order chi connectivity index (χ1) is 8.40. The Hall–Kier alpha value is -1.89. The molecular formula is C11H13NO6. The summed E-state index contributed by atoms with van der Waals surface area (Å²) >= 11 is 0. The van der Waals surface area contributed by atoms with Gasteiger partial charge in [0.2, 0.25) is 5.91 Å². The van der Waals surface area contributed by atoms with E-state index in [0.29, 0.717) is 0 Å². The average molecular weight is 255 g/mol. The highest BCUT2D eigenvalue weighted by Crippen LogP contribution is 2.45. The molecule has 1 amide bonds. The summed E-state index contributed by atoms with van der Waals surface area (Å²) in [6.07, 6.45) is 0.681. The molecule has 0 unspecified atom stereocenters. The van der Waals surface area contributed by atoms with E-state index in [2.05, 4.69) is 11.9 Å². The average Bonchev–Trinajstić information content (AvgIpc) is 2.73. The molecule has 7 nitrogen and oxygen atoms in total. The molecule has 18 heavy (non-hydrogen) atoms. The highest BCUT2D eigenvalue weighted by atomic mass is 16.5. The molecule has 4 atom stereocenters. The van der Waals surface area contributed by atoms with Crippen molar-refractivity contribution < 1.29 is 29.3 Å². The maximum atomic E-state index is 11.7. The van der Waals surface area contributed by atoms with Gasteiger partial charge in [-0.3, -0.25) is 9.59 Å². The Kier molecular flexibility index (Phi) is 2.86. The van der Waals surface area contributed by atoms with Gasteiger partial charge < -0.3 is 20.3 Å². The van der Waals surface area contributed by atoms with E-state index in [0.717, 1.165) is 0 Å². The Morgan fingerprint density at radius 2 is 2.22 bits per heavy atom. The third-order valence-electron chi connectivity index (χ3n) is 3.46. The standard InChI is InChI=1S/C11H13NO6/c1-2-5-3-6-9(15)12-8(10(16)17)11(6,18-5)4-7(13)14/h2,5-6,8H,1,3-4H2,(H,12,15)(H,13,14)(H,16,17)/t5-,6-,8+,11-/m0/s1. The SMILES string of the molecule is C=C[C@H]1C[C@H]2C(=O)N[C@H](C(=O)O)[C@@]2(CC(=O)O)O1. The third kappa shape index (κ3) is 1.67. The Morgan fingerprint density at radius 3 is 2.72 bits per heavy atom. The van der Waals surface area contributed by atoms with Crippen molar-refractivity contribution in [1.29, 1.82) is 0 Å². The van der Waals surface area contributed by atoms with E-state index >= 15 is 0 Å². The van der Waals surface area contributed by atoms with Gasteiger partial charge in [0.1, 0.15) is 5.60 Å². The van der Waals surface area contributed by atoms with Gasteiger partial charge >= 0.3 is 11.9 Å². The van der Waals surface area contributed by atoms with Gasteiger partial charge in [-0.25, -0.2) is 4.79 Å². The number of fused-ring (bicyclic) bond motifs is 1. The molecule has 0 aliphatic carbocycles. The lowest BCUT2D eigenvalue weighted by Crippen LogP contribution is -2.52. The predicted molar refractivity (Wildman–Crippen MR) is 57.7 cm³/mol. The maximum absolute atomic E-state index is 11.7. The first kappa shape index (κ1) is 12.6. The van der Waals surface area contributed by atoms with E-state index in [4.69, 9.17) is 14.9 Å². The molecule has 0 saturated carbocycles. The van der Waals surface area contributed by atoms with Crippen LogP contribution in [0.3, 0.4) is 0 Å². The van der Waals surface area contributed by atoms with Crippen molar-refractivity contribution in [1.82, 2.24) is 5.32 Å². The molecule has 3 N–H and O–H groups in total. The minimum absolute atomic E-state index is 0.256. The van der Waals surface area contributed by atoms with Crippen molar-refractivity contribution in [2.24, 2.45) is 5.92 Å². The van der Waals surface area contributed by atoms with E-state index in [1.807, 2.05) is 0 Å². The predicted octanol–water partition coefficient (Wildman–Crippen LogP) is -0.626. The monoisotopic (exact) mass is 255 g/mol. The second kappa shape index (κ2) is 4.09. The van der Waals surface area contributed by atoms with Gasteiger partial charge in [0.25, 0.3) is 0 Å². The Bertz CT molecular complexity index is 433. The van der Waals surface area contributed by atoms with E-state index < -0.39 is 47.9 Å². The van der Waals surface area contributed by atoms with Gasteiger partial charge in [-0.2, -0.15) is 0 Å². The van der Waals surface area contributed by atoms with Crippen LogP contribution >= 0.6 is 0 Å². The fourth-order valence-electron chi connectivity index (χ4n) is 2.73. The van der Waals surface area contributed by atoms with Crippen LogP contribution in [0.4, 0.5) is 0 Å². The van der Waals surface area contributed by atoms with Gasteiger partial charge in [-0.1, -0.05) is 6.08 Å². The quantitative estimate of drug-likeness (QED) is 0.577. The lowest BCUT2D eigenvalue weighted by Gasteiger charge is -2.29. The third-order valence-corrected chi connectivity index (χ3v) is 3.46. The summed E-state index contributed by atoms with van der Waals surface area (Å²) in [5.74, 6) is -3.74. The summed E-state index contributed by atoms with van der Waals surface area (Å²) in [6.45, 7) is 3.52. The number of amides is 1. The summed E-state index contributed by atoms with van der Waals surface area (Å²) in [6, 6.07) is -1.34. The fraction of sp³-hybridized carbons (Fsp3) is 0.545. The number of ether oxygens (including phenoxy) is 1. The number of carboxylic acid groups (broad SMARTS) is 2. The first-order valence-electron chi connectivity index (χ1n) is 5.46. The smallest absolute Gasteiger partial charge is 0.329 e. The number of aliphatic carboxylic acids is 2. The normalized spacial score (nSPS) is 38.0. The second-order valence-electron chi connectivity index (χ2n) is 4.49. The molecule has 0 radical (unpaired) electrons. The summed E-state index contributed by atoms with van der Waals surface area (Å²) < 4.78 is 5.51. The minimum atomic E-state index is -1.52. The van der Waals surface area contributed by atoms with Crippen LogP contribution in [0.2, 0.25) is 0 Å². The van der Waals surface area contributed by atoms with Crippen molar-refractivity contribution in [3.63, 3.8) is 0 Å². The lowest BCUT2D eigenvalue weighted by molar-refractivity contribution is -0.155. The van der Waals surface area contributed by atoms with Gasteiger partial charge in [0.05, 0.1) is 18.4 Å². The highest BCUT2D eigenvalue weighted by Gasteiger charge is 2.64. The number of hydrogen-bond acceptors (Lipinski definition) is 4. The topological polar surface area (TPSA) is 113 Å². The summed E-state index contributed by atoms with van der Waals surface area (Å²) in [5, 5.41) is 20.3. The highest BCUT2D eigenvalue weighted by molar-refractivity contribution is 5.93. The Morgan fingerprint density at radius 1 is 1.56 bits per heavy atom. The molecule has 0 aromatic heterocycles. The molecular weight excluding hydrogens is 242 g/mol. The summed E-state index contributed by atoms with van der Waals surface area (Å²) in [7, 11) is 0. The van der Waals surface area contributed by atoms with Crippen molar-refractivity contribution in [2.75, 3.05) is 0 Å². The number of hydrogen-bond donors (Lipinski definition) is 3. The summed E-state index contributed by atoms with van der Waals surface area (Å²) in [4.78, 5) is 33.8. The van der Waals surface area contributed by atoms with Crippen LogP contribution in [0.5, 0.6) is 0 Å². The molecule has 98 valence electrons. The van der Waals surface area contributed by atoms with Crippen LogP contribution in [-0.4, -0.2) is 45.8 Å². The van der Waals surface area contributed by atoms with Gasteiger partial charge in [0.15, 0.2) is 6.04 Å². The molecule has 2 saturated heterocycles. The lowest BCUT2D eigenvalue weighted by atomic mass is 9.82. The van der Waals surface area contributed by atoms with E-state index in [-0.39, 0.29) is 6.42 Å². The largest absolute Gasteiger partial charge is 0.481 e. The van der Waals surface area contributed by atoms with Crippen molar-refractivity contribution in [3.05, 3.63) is 12.7 Å². The maximum Gasteiger partial charge on any atom is 0.329 e. The zero-order valence-corrected chi connectivity index (χ0v) is 9.46. The fourth-order valence-corrected chi connectivity index (χ4v) is 2.73. The molecule has 0 bridgehead atoms. The van der Waals surface area contributed by atoms with Gasteiger partial charge in [-0.15, -0.1) is 6.58 Å². The van der Waals surface area contributed by atoms with Crippen molar-refractivity contribution in [2.45, 2.75) is 30.6 Å². The Labute approximate surface area is 102 Å². The zero-order valence-electron chi connectivity index (χ0n) is 9.46. The molecule has 2 heterocycles. The van der Waals surface area contributed by atoms with Crippen molar-refractivity contribution in [3.8, 4) is 0 Å². The molecule has 0 aromatic carbocycles. The molecule has 7 heteroatoms. The molecule has 0 spiro atoms. The van der Waals surface area contributed by atoms with Crippen LogP contribution < -0.4 is 5.32 Å². The number of nitrogens with one attached hydrogen (secondary N) is 1. The van der Waals surface area contributed by atoms with Gasteiger partial charge in [0, 0.05) is 0 Å².